The minimum absolute atomic E-state index is 0.154. The molecule has 1 aromatic heterocycles. The molecule has 0 radical (unpaired) electrons. The first-order valence-electron chi connectivity index (χ1n) is 8.60. The number of aromatic nitrogens is 2. The summed E-state index contributed by atoms with van der Waals surface area (Å²) in [7, 11) is 0. The highest BCUT2D eigenvalue weighted by atomic mass is 35.5. The molecule has 0 aromatic carbocycles. The van der Waals surface area contributed by atoms with Gasteiger partial charge in [0.25, 0.3) is 0 Å². The Morgan fingerprint density at radius 2 is 1.87 bits per heavy atom. The average molecular weight is 340 g/mol. The smallest absolute Gasteiger partial charge is 0.226 e. The highest BCUT2D eigenvalue weighted by Crippen LogP contribution is 2.24. The standard InChI is InChI=1S/C16H26ClN5O/c1-2-21-7-9-22(10-8-21)15-11-14(17)19-16(20-15)18-12-3-5-13(23)6-4-12/h11-13,23H,2-10H2,1H3,(H,18,19,20). The maximum Gasteiger partial charge on any atom is 0.226 e. The Kier molecular flexibility index (Phi) is 5.56. The van der Waals surface area contributed by atoms with E-state index in [1.165, 1.54) is 0 Å². The lowest BCUT2D eigenvalue weighted by Gasteiger charge is -2.35. The van der Waals surface area contributed by atoms with Gasteiger partial charge >= 0.3 is 0 Å². The molecular formula is C16H26ClN5O. The van der Waals surface area contributed by atoms with Gasteiger partial charge in [0.2, 0.25) is 5.95 Å². The second-order valence-electron chi connectivity index (χ2n) is 6.44. The molecule has 0 bridgehead atoms. The normalized spacial score (nSPS) is 26.3. The van der Waals surface area contributed by atoms with E-state index < -0.39 is 0 Å². The molecule has 1 aliphatic carbocycles. The predicted octanol–water partition coefficient (Wildman–Crippen LogP) is 1.99. The first kappa shape index (κ1) is 16.7. The second-order valence-corrected chi connectivity index (χ2v) is 6.83. The molecule has 1 aromatic rings. The molecule has 3 rings (SSSR count). The lowest BCUT2D eigenvalue weighted by Crippen LogP contribution is -2.46. The number of aliphatic hydroxyl groups excluding tert-OH is 1. The number of piperazine rings is 1. The number of hydrogen-bond acceptors (Lipinski definition) is 6. The molecule has 2 heterocycles. The van der Waals surface area contributed by atoms with Gasteiger partial charge in [0.15, 0.2) is 0 Å². The van der Waals surface area contributed by atoms with Crippen LogP contribution in [0.3, 0.4) is 0 Å². The first-order valence-corrected chi connectivity index (χ1v) is 8.98. The van der Waals surface area contributed by atoms with Crippen molar-refractivity contribution in [2.24, 2.45) is 0 Å². The van der Waals surface area contributed by atoms with Crippen molar-refractivity contribution in [1.82, 2.24) is 14.9 Å². The fourth-order valence-corrected chi connectivity index (χ4v) is 3.51. The fourth-order valence-electron chi connectivity index (χ4n) is 3.33. The molecule has 2 aliphatic rings. The molecule has 1 saturated heterocycles. The van der Waals surface area contributed by atoms with Crippen molar-refractivity contribution in [3.63, 3.8) is 0 Å². The molecule has 2 fully saturated rings. The van der Waals surface area contributed by atoms with Gasteiger partial charge in [-0.1, -0.05) is 18.5 Å². The van der Waals surface area contributed by atoms with E-state index >= 15 is 0 Å². The molecule has 23 heavy (non-hydrogen) atoms. The van der Waals surface area contributed by atoms with Crippen LogP contribution in [-0.4, -0.2) is 64.8 Å². The molecular weight excluding hydrogens is 314 g/mol. The molecule has 0 unspecified atom stereocenters. The van der Waals surface area contributed by atoms with E-state index in [9.17, 15) is 5.11 Å². The Labute approximate surface area is 142 Å². The van der Waals surface area contributed by atoms with Crippen LogP contribution in [0.2, 0.25) is 5.15 Å². The van der Waals surface area contributed by atoms with Crippen LogP contribution in [0.5, 0.6) is 0 Å². The van der Waals surface area contributed by atoms with Gasteiger partial charge in [-0.2, -0.15) is 4.98 Å². The van der Waals surface area contributed by atoms with Gasteiger partial charge in [-0.15, -0.1) is 0 Å². The minimum Gasteiger partial charge on any atom is -0.393 e. The summed E-state index contributed by atoms with van der Waals surface area (Å²) >= 11 is 6.20. The van der Waals surface area contributed by atoms with Gasteiger partial charge in [-0.05, 0) is 32.2 Å². The predicted molar refractivity (Wildman–Crippen MR) is 93.3 cm³/mol. The molecule has 1 aliphatic heterocycles. The van der Waals surface area contributed by atoms with Crippen molar-refractivity contribution in [2.75, 3.05) is 42.9 Å². The van der Waals surface area contributed by atoms with Crippen molar-refractivity contribution < 1.29 is 5.11 Å². The van der Waals surface area contributed by atoms with Gasteiger partial charge in [-0.25, -0.2) is 4.98 Å². The van der Waals surface area contributed by atoms with E-state index in [1.54, 1.807) is 0 Å². The maximum absolute atomic E-state index is 9.60. The number of nitrogens with zero attached hydrogens (tertiary/aromatic N) is 4. The summed E-state index contributed by atoms with van der Waals surface area (Å²) in [5.74, 6) is 1.51. The lowest BCUT2D eigenvalue weighted by molar-refractivity contribution is 0.126. The van der Waals surface area contributed by atoms with Gasteiger partial charge in [-0.3, -0.25) is 0 Å². The summed E-state index contributed by atoms with van der Waals surface area (Å²) in [5, 5.41) is 13.5. The van der Waals surface area contributed by atoms with Crippen LogP contribution in [-0.2, 0) is 0 Å². The molecule has 7 heteroatoms. The first-order chi connectivity index (χ1) is 11.1. The number of hydrogen-bond donors (Lipinski definition) is 2. The van der Waals surface area contributed by atoms with Gasteiger partial charge in [0.05, 0.1) is 6.10 Å². The van der Waals surface area contributed by atoms with Crippen molar-refractivity contribution >= 4 is 23.4 Å². The van der Waals surface area contributed by atoms with Crippen LogP contribution in [0.4, 0.5) is 11.8 Å². The summed E-state index contributed by atoms with van der Waals surface area (Å²) in [4.78, 5) is 13.7. The highest BCUT2D eigenvalue weighted by molar-refractivity contribution is 6.29. The average Bonchev–Trinajstić information content (AvgIpc) is 2.56. The third-order valence-electron chi connectivity index (χ3n) is 4.85. The van der Waals surface area contributed by atoms with Gasteiger partial charge in [0.1, 0.15) is 11.0 Å². The van der Waals surface area contributed by atoms with Crippen LogP contribution >= 0.6 is 11.6 Å². The van der Waals surface area contributed by atoms with Crippen molar-refractivity contribution in [3.05, 3.63) is 11.2 Å². The maximum atomic E-state index is 9.60. The Hall–Kier alpha value is -1.11. The molecule has 0 spiro atoms. The summed E-state index contributed by atoms with van der Waals surface area (Å²) in [6.45, 7) is 7.34. The number of anilines is 2. The number of aliphatic hydroxyl groups is 1. The van der Waals surface area contributed by atoms with Crippen molar-refractivity contribution in [1.29, 1.82) is 0 Å². The number of nitrogens with one attached hydrogen (secondary N) is 1. The molecule has 128 valence electrons. The minimum atomic E-state index is -0.154. The van der Waals surface area contributed by atoms with Crippen molar-refractivity contribution in [2.45, 2.75) is 44.8 Å². The summed E-state index contributed by atoms with van der Waals surface area (Å²) in [6.07, 6.45) is 3.41. The zero-order valence-electron chi connectivity index (χ0n) is 13.7. The second kappa shape index (κ2) is 7.64. The third-order valence-corrected chi connectivity index (χ3v) is 5.05. The van der Waals surface area contributed by atoms with E-state index in [1.807, 2.05) is 6.07 Å². The van der Waals surface area contributed by atoms with E-state index in [2.05, 4.69) is 32.0 Å². The molecule has 0 atom stereocenters. The fraction of sp³-hybridized carbons (Fsp3) is 0.750. The van der Waals surface area contributed by atoms with Crippen LogP contribution < -0.4 is 10.2 Å². The Bertz CT molecular complexity index is 513. The summed E-state index contributed by atoms with van der Waals surface area (Å²) in [5.41, 5.74) is 0. The number of likely N-dealkylation sites (N-methyl/N-ethyl adjacent to an activating group) is 1. The van der Waals surface area contributed by atoms with Crippen LogP contribution in [0.15, 0.2) is 6.07 Å². The zero-order valence-corrected chi connectivity index (χ0v) is 14.5. The number of halogens is 1. The summed E-state index contributed by atoms with van der Waals surface area (Å²) in [6, 6.07) is 2.17. The molecule has 0 amide bonds. The van der Waals surface area contributed by atoms with E-state index in [0.717, 1.165) is 64.2 Å². The van der Waals surface area contributed by atoms with Crippen LogP contribution in [0, 0.1) is 0 Å². The highest BCUT2D eigenvalue weighted by Gasteiger charge is 2.21. The molecule has 2 N–H and O–H groups in total. The SMILES string of the molecule is CCN1CCN(c2cc(Cl)nc(NC3CCC(O)CC3)n2)CC1. The molecule has 6 nitrogen and oxygen atoms in total. The Balaban J connectivity index is 1.65. The third kappa shape index (κ3) is 4.46. The van der Waals surface area contributed by atoms with E-state index in [0.29, 0.717) is 17.1 Å². The largest absolute Gasteiger partial charge is 0.393 e. The lowest BCUT2D eigenvalue weighted by atomic mass is 9.93. The van der Waals surface area contributed by atoms with Gasteiger partial charge in [0, 0.05) is 38.3 Å². The molecule has 1 saturated carbocycles. The van der Waals surface area contributed by atoms with Crippen LogP contribution in [0.1, 0.15) is 32.6 Å². The van der Waals surface area contributed by atoms with E-state index in [-0.39, 0.29) is 6.10 Å². The number of rotatable bonds is 4. The Morgan fingerprint density at radius 1 is 1.17 bits per heavy atom. The Morgan fingerprint density at radius 3 is 2.52 bits per heavy atom. The van der Waals surface area contributed by atoms with E-state index in [4.69, 9.17) is 11.6 Å². The van der Waals surface area contributed by atoms with Gasteiger partial charge < -0.3 is 20.2 Å². The zero-order chi connectivity index (χ0) is 16.2. The topological polar surface area (TPSA) is 64.5 Å². The summed E-state index contributed by atoms with van der Waals surface area (Å²) < 4.78 is 0. The monoisotopic (exact) mass is 339 g/mol. The van der Waals surface area contributed by atoms with Crippen molar-refractivity contribution in [3.8, 4) is 0 Å². The van der Waals surface area contributed by atoms with Crippen LogP contribution in [0.25, 0.3) is 0 Å². The quantitative estimate of drug-likeness (QED) is 0.818.